The van der Waals surface area contributed by atoms with Crippen molar-refractivity contribution >= 4 is 17.9 Å². The summed E-state index contributed by atoms with van der Waals surface area (Å²) in [6.45, 7) is 8.92. The Balaban J connectivity index is 5.10. The summed E-state index contributed by atoms with van der Waals surface area (Å²) in [6.07, 6.45) is 16.5. The lowest BCUT2D eigenvalue weighted by Gasteiger charge is -2.25. The summed E-state index contributed by atoms with van der Waals surface area (Å²) < 4.78 is 27.9. The van der Waals surface area contributed by atoms with Crippen molar-refractivity contribution in [3.63, 3.8) is 0 Å². The van der Waals surface area contributed by atoms with Crippen LogP contribution in [0, 0.1) is 5.92 Å². The zero-order valence-electron chi connectivity index (χ0n) is 26.7. The molecule has 0 bridgehead atoms. The summed E-state index contributed by atoms with van der Waals surface area (Å²) in [5.74, 6) is -2.76. The molecule has 0 rings (SSSR count). The lowest BCUT2D eigenvalue weighted by Crippen LogP contribution is -2.37. The molecule has 9 heteroatoms. The molecule has 0 aromatic carbocycles. The van der Waals surface area contributed by atoms with Gasteiger partial charge >= 0.3 is 17.9 Å². The van der Waals surface area contributed by atoms with Crippen LogP contribution in [0.1, 0.15) is 118 Å². The van der Waals surface area contributed by atoms with Gasteiger partial charge in [0.2, 0.25) is 0 Å². The van der Waals surface area contributed by atoms with Crippen molar-refractivity contribution in [2.75, 3.05) is 33.0 Å². The fourth-order valence-corrected chi connectivity index (χ4v) is 3.95. The summed E-state index contributed by atoms with van der Waals surface area (Å²) in [4.78, 5) is 37.5. The van der Waals surface area contributed by atoms with Crippen LogP contribution in [0.4, 0.5) is 0 Å². The lowest BCUT2D eigenvalue weighted by atomic mass is 9.99. The highest BCUT2D eigenvalue weighted by molar-refractivity contribution is 5.75. The Hall–Kier alpha value is -2.23. The van der Waals surface area contributed by atoms with E-state index in [9.17, 15) is 19.5 Å². The van der Waals surface area contributed by atoms with Gasteiger partial charge in [-0.05, 0) is 70.6 Å². The second kappa shape index (κ2) is 28.9. The number of aliphatic hydroxyl groups excluding tert-OH is 1. The first kappa shape index (κ1) is 39.8. The van der Waals surface area contributed by atoms with E-state index in [-0.39, 0.29) is 32.5 Å². The van der Waals surface area contributed by atoms with Crippen molar-refractivity contribution in [1.82, 2.24) is 0 Å². The number of unbranched alkanes of at least 4 members (excludes halogenated alkanes) is 4. The van der Waals surface area contributed by atoms with Crippen LogP contribution in [0.5, 0.6) is 0 Å². The molecule has 9 nitrogen and oxygen atoms in total. The molecular formula is C33H58O9. The molecular weight excluding hydrogens is 540 g/mol. The molecule has 1 N–H and O–H groups in total. The number of hydrogen-bond acceptors (Lipinski definition) is 9. The fourth-order valence-electron chi connectivity index (χ4n) is 3.95. The summed E-state index contributed by atoms with van der Waals surface area (Å²) in [7, 11) is 0. The van der Waals surface area contributed by atoms with Crippen molar-refractivity contribution in [2.45, 2.75) is 130 Å². The third kappa shape index (κ3) is 22.4. The van der Waals surface area contributed by atoms with Gasteiger partial charge < -0.3 is 28.8 Å². The van der Waals surface area contributed by atoms with E-state index in [0.717, 1.165) is 51.4 Å². The number of ether oxygens (including phenoxy) is 5. The first-order valence-corrected chi connectivity index (χ1v) is 16.1. The Morgan fingerprint density at radius 3 is 1.74 bits per heavy atom. The van der Waals surface area contributed by atoms with E-state index in [1.54, 1.807) is 0 Å². The summed E-state index contributed by atoms with van der Waals surface area (Å²) in [5, 5.41) is 9.92. The zero-order valence-corrected chi connectivity index (χ0v) is 26.7. The summed E-state index contributed by atoms with van der Waals surface area (Å²) in [6, 6.07) is 0. The molecule has 2 atom stereocenters. The van der Waals surface area contributed by atoms with Gasteiger partial charge in [0.1, 0.15) is 12.0 Å². The van der Waals surface area contributed by atoms with Gasteiger partial charge in [-0.15, -0.1) is 0 Å². The quantitative estimate of drug-likeness (QED) is 0.0349. The van der Waals surface area contributed by atoms with E-state index < -0.39 is 42.8 Å². The largest absolute Gasteiger partial charge is 0.466 e. The average molecular weight is 599 g/mol. The molecule has 2 unspecified atom stereocenters. The van der Waals surface area contributed by atoms with Gasteiger partial charge in [0.15, 0.2) is 6.29 Å². The number of carbonyl (C=O) groups excluding carboxylic acids is 3. The number of hydrogen-bond donors (Lipinski definition) is 1. The molecule has 0 aliphatic rings. The van der Waals surface area contributed by atoms with Crippen molar-refractivity contribution in [1.29, 1.82) is 0 Å². The van der Waals surface area contributed by atoms with E-state index >= 15 is 0 Å². The van der Waals surface area contributed by atoms with Gasteiger partial charge in [-0.1, -0.05) is 52.0 Å². The van der Waals surface area contributed by atoms with Crippen molar-refractivity contribution in [3.05, 3.63) is 24.3 Å². The Bertz CT molecular complexity index is 711. The van der Waals surface area contributed by atoms with Gasteiger partial charge in [0.25, 0.3) is 0 Å². The minimum atomic E-state index is -1.09. The molecule has 42 heavy (non-hydrogen) atoms. The van der Waals surface area contributed by atoms with Crippen molar-refractivity contribution < 1.29 is 43.2 Å². The standard InChI is InChI=1S/C33H58O9/c1-5-9-11-13-15-17-25-39-32(40-26-18-16-14-12-10-6-2)22-21-31(36)42-29(19-20-30(35)38-23-7-3)28(27-34)33(37)41-24-8-4/h9-12,28-29,32,34H,5-8,13-27H2,1-4H3/b11-9-,12-10-. The number of carbonyl (C=O) groups is 3. The van der Waals surface area contributed by atoms with Gasteiger partial charge in [-0.25, -0.2) is 0 Å². The normalized spacial score (nSPS) is 13.1. The van der Waals surface area contributed by atoms with Crippen LogP contribution < -0.4 is 0 Å². The van der Waals surface area contributed by atoms with Gasteiger partial charge in [-0.3, -0.25) is 14.4 Å². The van der Waals surface area contributed by atoms with Crippen LogP contribution in [-0.2, 0) is 38.1 Å². The maximum atomic E-state index is 12.9. The maximum absolute atomic E-state index is 12.9. The zero-order chi connectivity index (χ0) is 31.3. The first-order valence-electron chi connectivity index (χ1n) is 16.1. The van der Waals surface area contributed by atoms with E-state index in [2.05, 4.69) is 38.2 Å². The highest BCUT2D eigenvalue weighted by Crippen LogP contribution is 2.19. The fraction of sp³-hybridized carbons (Fsp3) is 0.788. The topological polar surface area (TPSA) is 118 Å². The van der Waals surface area contributed by atoms with Crippen LogP contribution in [0.3, 0.4) is 0 Å². The monoisotopic (exact) mass is 598 g/mol. The Labute approximate surface area is 254 Å². The number of esters is 3. The summed E-state index contributed by atoms with van der Waals surface area (Å²) in [5.41, 5.74) is 0. The van der Waals surface area contributed by atoms with Crippen molar-refractivity contribution in [2.24, 2.45) is 5.92 Å². The number of aliphatic hydroxyl groups is 1. The Kier molecular flexibility index (Phi) is 27.3. The van der Waals surface area contributed by atoms with Crippen molar-refractivity contribution in [3.8, 4) is 0 Å². The molecule has 0 aromatic heterocycles. The van der Waals surface area contributed by atoms with E-state index in [1.807, 2.05) is 13.8 Å². The molecule has 0 saturated carbocycles. The van der Waals surface area contributed by atoms with E-state index in [4.69, 9.17) is 23.7 Å². The molecule has 0 fully saturated rings. The van der Waals surface area contributed by atoms with Crippen LogP contribution >= 0.6 is 0 Å². The third-order valence-corrected chi connectivity index (χ3v) is 6.31. The summed E-state index contributed by atoms with van der Waals surface area (Å²) >= 11 is 0. The minimum Gasteiger partial charge on any atom is -0.466 e. The van der Waals surface area contributed by atoms with Crippen LogP contribution in [-0.4, -0.2) is 68.4 Å². The molecule has 244 valence electrons. The highest BCUT2D eigenvalue weighted by Gasteiger charge is 2.33. The highest BCUT2D eigenvalue weighted by atomic mass is 16.7. The molecule has 0 radical (unpaired) electrons. The molecule has 0 aliphatic heterocycles. The number of rotatable bonds is 28. The van der Waals surface area contributed by atoms with Crippen LogP contribution in [0.2, 0.25) is 0 Å². The molecule has 0 heterocycles. The lowest BCUT2D eigenvalue weighted by molar-refractivity contribution is -0.171. The molecule has 0 spiro atoms. The molecule has 0 aromatic rings. The van der Waals surface area contributed by atoms with Crippen LogP contribution in [0.15, 0.2) is 24.3 Å². The maximum Gasteiger partial charge on any atom is 0.315 e. The predicted octanol–water partition coefficient (Wildman–Crippen LogP) is 6.61. The smallest absolute Gasteiger partial charge is 0.315 e. The van der Waals surface area contributed by atoms with E-state index in [1.165, 1.54) is 0 Å². The molecule has 0 aliphatic carbocycles. The average Bonchev–Trinajstić information content (AvgIpc) is 2.99. The van der Waals surface area contributed by atoms with Gasteiger partial charge in [-0.2, -0.15) is 0 Å². The van der Waals surface area contributed by atoms with Gasteiger partial charge in [0.05, 0.1) is 26.2 Å². The van der Waals surface area contributed by atoms with Gasteiger partial charge in [0, 0.05) is 26.1 Å². The second-order valence-corrected chi connectivity index (χ2v) is 10.2. The predicted molar refractivity (Wildman–Crippen MR) is 164 cm³/mol. The Morgan fingerprint density at radius 1 is 0.667 bits per heavy atom. The first-order chi connectivity index (χ1) is 20.4. The van der Waals surface area contributed by atoms with Crippen LogP contribution in [0.25, 0.3) is 0 Å². The molecule has 0 amide bonds. The SMILES string of the molecule is CC/C=C\CCCCOC(CCC(=O)OC(CCC(=O)OCCC)C(CO)C(=O)OCCC)OCCCC/C=C\CC. The number of allylic oxidation sites excluding steroid dienone is 4. The molecule has 0 saturated heterocycles. The van der Waals surface area contributed by atoms with E-state index in [0.29, 0.717) is 32.5 Å². The Morgan fingerprint density at radius 2 is 1.21 bits per heavy atom. The minimum absolute atomic E-state index is 0.00206. The second-order valence-electron chi connectivity index (χ2n) is 10.2. The third-order valence-electron chi connectivity index (χ3n) is 6.31.